The summed E-state index contributed by atoms with van der Waals surface area (Å²) in [7, 11) is 0. The van der Waals surface area contributed by atoms with E-state index in [-0.39, 0.29) is 0 Å². The van der Waals surface area contributed by atoms with Gasteiger partial charge in [-0.05, 0) is 37.1 Å². The summed E-state index contributed by atoms with van der Waals surface area (Å²) in [5.41, 5.74) is 11.1. The van der Waals surface area contributed by atoms with Gasteiger partial charge in [0.1, 0.15) is 12.1 Å². The average molecular weight is 329 g/mol. The Bertz CT molecular complexity index is 936. The molecule has 25 heavy (non-hydrogen) atoms. The van der Waals surface area contributed by atoms with Crippen LogP contribution in [0.1, 0.15) is 36.4 Å². The van der Waals surface area contributed by atoms with Crippen LogP contribution in [0.25, 0.3) is 11.3 Å². The van der Waals surface area contributed by atoms with Crippen molar-refractivity contribution in [3.05, 3.63) is 65.5 Å². The molecule has 0 atom stereocenters. The van der Waals surface area contributed by atoms with Crippen molar-refractivity contribution in [1.29, 1.82) is 0 Å². The monoisotopic (exact) mass is 329 g/mol. The Morgan fingerprint density at radius 1 is 0.960 bits per heavy atom. The lowest BCUT2D eigenvalue weighted by atomic mass is 10.0. The van der Waals surface area contributed by atoms with Gasteiger partial charge in [0.05, 0.1) is 17.0 Å². The second-order valence-electron chi connectivity index (χ2n) is 5.51. The van der Waals surface area contributed by atoms with Crippen molar-refractivity contribution in [2.75, 3.05) is 5.73 Å². The zero-order valence-electron chi connectivity index (χ0n) is 14.3. The minimum absolute atomic E-state index is 0.479. The summed E-state index contributed by atoms with van der Waals surface area (Å²) < 4.78 is 0. The number of hydrogen-bond donors (Lipinski definition) is 1. The highest BCUT2D eigenvalue weighted by molar-refractivity contribution is 5.68. The number of nitrogen functional groups attached to an aromatic ring is 1. The number of pyridine rings is 2. The number of hydrogen-bond acceptors (Lipinski definition) is 5. The molecule has 3 aromatic heterocycles. The van der Waals surface area contributed by atoms with Crippen molar-refractivity contribution in [2.24, 2.45) is 0 Å². The van der Waals surface area contributed by atoms with E-state index in [0.29, 0.717) is 5.82 Å². The maximum Gasteiger partial charge on any atom is 0.123 e. The fraction of sp³-hybridized carbons (Fsp3) is 0.200. The van der Waals surface area contributed by atoms with Crippen molar-refractivity contribution in [2.45, 2.75) is 26.7 Å². The molecule has 0 radical (unpaired) electrons. The van der Waals surface area contributed by atoms with Crippen molar-refractivity contribution in [1.82, 2.24) is 19.9 Å². The van der Waals surface area contributed by atoms with E-state index in [1.165, 1.54) is 0 Å². The Kier molecular flexibility index (Phi) is 5.00. The molecule has 0 bridgehead atoms. The molecule has 5 nitrogen and oxygen atoms in total. The molecule has 124 valence electrons. The summed E-state index contributed by atoms with van der Waals surface area (Å²) in [6, 6.07) is 7.60. The summed E-state index contributed by atoms with van der Waals surface area (Å²) in [6.45, 7) is 4.14. The summed E-state index contributed by atoms with van der Waals surface area (Å²) in [6.07, 6.45) is 6.72. The van der Waals surface area contributed by atoms with Gasteiger partial charge in [-0.2, -0.15) is 0 Å². The van der Waals surface area contributed by atoms with Crippen molar-refractivity contribution >= 4 is 5.82 Å². The number of anilines is 1. The second kappa shape index (κ2) is 7.54. The highest BCUT2D eigenvalue weighted by atomic mass is 14.8. The summed E-state index contributed by atoms with van der Waals surface area (Å²) in [4.78, 5) is 17.3. The minimum atomic E-state index is 0.479. The molecule has 3 aromatic rings. The van der Waals surface area contributed by atoms with Crippen LogP contribution in [0, 0.1) is 11.8 Å². The predicted molar refractivity (Wildman–Crippen MR) is 98.6 cm³/mol. The van der Waals surface area contributed by atoms with E-state index in [0.717, 1.165) is 46.6 Å². The Morgan fingerprint density at radius 2 is 1.84 bits per heavy atom. The molecule has 0 aliphatic carbocycles. The standard InChI is InChI=1S/C20H19N5/c1-3-16-11-15(9-10-22-16)20-17(18(4-2)24-13-25-20)7-5-14-6-8-19(21)23-12-14/h6,8-13H,3-4H2,1-2H3,(H2,21,23). The van der Waals surface area contributed by atoms with Crippen LogP contribution in [0.3, 0.4) is 0 Å². The normalized spacial score (nSPS) is 10.2. The predicted octanol–water partition coefficient (Wildman–Crippen LogP) is 3.04. The molecular weight excluding hydrogens is 310 g/mol. The first-order valence-electron chi connectivity index (χ1n) is 8.24. The molecule has 0 saturated heterocycles. The highest BCUT2D eigenvalue weighted by Gasteiger charge is 2.11. The average Bonchev–Trinajstić information content (AvgIpc) is 2.67. The smallest absolute Gasteiger partial charge is 0.123 e. The van der Waals surface area contributed by atoms with Crippen molar-refractivity contribution in [3.63, 3.8) is 0 Å². The molecule has 2 N–H and O–H groups in total. The fourth-order valence-corrected chi connectivity index (χ4v) is 2.47. The van der Waals surface area contributed by atoms with Crippen molar-refractivity contribution in [3.8, 4) is 23.1 Å². The molecule has 0 unspecified atom stereocenters. The van der Waals surface area contributed by atoms with Gasteiger partial charge in [-0.15, -0.1) is 0 Å². The zero-order valence-corrected chi connectivity index (χ0v) is 14.3. The summed E-state index contributed by atoms with van der Waals surface area (Å²) in [5, 5.41) is 0. The summed E-state index contributed by atoms with van der Waals surface area (Å²) >= 11 is 0. The lowest BCUT2D eigenvalue weighted by Crippen LogP contribution is -2.00. The van der Waals surface area contributed by atoms with Crippen LogP contribution >= 0.6 is 0 Å². The molecule has 0 saturated carbocycles. The van der Waals surface area contributed by atoms with E-state index < -0.39 is 0 Å². The Hall–Kier alpha value is -3.26. The molecule has 0 aromatic carbocycles. The van der Waals surface area contributed by atoms with E-state index in [1.54, 1.807) is 18.6 Å². The fourth-order valence-electron chi connectivity index (χ4n) is 2.47. The lowest BCUT2D eigenvalue weighted by Gasteiger charge is -2.08. The largest absolute Gasteiger partial charge is 0.384 e. The van der Waals surface area contributed by atoms with Gasteiger partial charge in [0.15, 0.2) is 0 Å². The second-order valence-corrected chi connectivity index (χ2v) is 5.51. The van der Waals surface area contributed by atoms with Crippen molar-refractivity contribution < 1.29 is 0 Å². The molecule has 0 spiro atoms. The molecule has 3 heterocycles. The first-order valence-corrected chi connectivity index (χ1v) is 8.24. The number of aryl methyl sites for hydroxylation is 2. The number of aromatic nitrogens is 4. The number of rotatable bonds is 3. The van der Waals surface area contributed by atoms with Crippen LogP contribution in [0.5, 0.6) is 0 Å². The maximum absolute atomic E-state index is 5.62. The summed E-state index contributed by atoms with van der Waals surface area (Å²) in [5.74, 6) is 6.85. The minimum Gasteiger partial charge on any atom is -0.384 e. The van der Waals surface area contributed by atoms with E-state index >= 15 is 0 Å². The van der Waals surface area contributed by atoms with E-state index in [4.69, 9.17) is 5.73 Å². The van der Waals surface area contributed by atoms with Gasteiger partial charge in [0.2, 0.25) is 0 Å². The first-order chi connectivity index (χ1) is 12.2. The van der Waals surface area contributed by atoms with Gasteiger partial charge in [-0.3, -0.25) is 4.98 Å². The quantitative estimate of drug-likeness (QED) is 0.747. The zero-order chi connectivity index (χ0) is 17.6. The maximum atomic E-state index is 5.62. The molecule has 5 heteroatoms. The molecule has 0 fully saturated rings. The van der Waals surface area contributed by atoms with Gasteiger partial charge in [-0.25, -0.2) is 15.0 Å². The Labute approximate surface area is 147 Å². The number of nitrogens with zero attached hydrogens (tertiary/aromatic N) is 4. The SMILES string of the molecule is CCc1cc(-c2ncnc(CC)c2C#Cc2ccc(N)nc2)ccn1. The molecule has 0 aliphatic rings. The van der Waals surface area contributed by atoms with E-state index in [9.17, 15) is 0 Å². The van der Waals surface area contributed by atoms with Crippen LogP contribution in [-0.4, -0.2) is 19.9 Å². The molecular formula is C20H19N5. The molecule has 0 amide bonds. The van der Waals surface area contributed by atoms with Crippen LogP contribution < -0.4 is 5.73 Å². The Balaban J connectivity index is 2.10. The topological polar surface area (TPSA) is 77.6 Å². The van der Waals surface area contributed by atoms with Crippen LogP contribution in [0.15, 0.2) is 43.0 Å². The third kappa shape index (κ3) is 3.81. The third-order valence-electron chi connectivity index (χ3n) is 3.83. The molecule has 3 rings (SSSR count). The van der Waals surface area contributed by atoms with Gasteiger partial charge in [0.25, 0.3) is 0 Å². The number of nitrogens with two attached hydrogens (primary N) is 1. The van der Waals surface area contributed by atoms with E-state index in [1.807, 2.05) is 18.3 Å². The van der Waals surface area contributed by atoms with Gasteiger partial charge < -0.3 is 5.73 Å². The van der Waals surface area contributed by atoms with E-state index in [2.05, 4.69) is 51.7 Å². The van der Waals surface area contributed by atoms with Gasteiger partial charge in [-0.1, -0.05) is 25.7 Å². The molecule has 0 aliphatic heterocycles. The van der Waals surface area contributed by atoms with Crippen LogP contribution in [0.2, 0.25) is 0 Å². The Morgan fingerprint density at radius 3 is 2.56 bits per heavy atom. The third-order valence-corrected chi connectivity index (χ3v) is 3.83. The van der Waals surface area contributed by atoms with Gasteiger partial charge in [0, 0.05) is 29.2 Å². The highest BCUT2D eigenvalue weighted by Crippen LogP contribution is 2.23. The van der Waals surface area contributed by atoms with Gasteiger partial charge >= 0.3 is 0 Å². The lowest BCUT2D eigenvalue weighted by molar-refractivity contribution is 0.989. The first kappa shape index (κ1) is 16.6. The van der Waals surface area contributed by atoms with Crippen LogP contribution in [-0.2, 0) is 12.8 Å². The van der Waals surface area contributed by atoms with Crippen LogP contribution in [0.4, 0.5) is 5.82 Å².